The Balaban J connectivity index is 1.57. The van der Waals surface area contributed by atoms with Crippen molar-refractivity contribution in [3.8, 4) is 28.8 Å². The molecule has 2 aromatic carbocycles. The number of methoxy groups -OCH3 is 1. The molecule has 2 aromatic heterocycles. The highest BCUT2D eigenvalue weighted by Gasteiger charge is 2.19. The Bertz CT molecular complexity index is 1530. The standard InChI is InChI=1S/C27H25ClFN5O4/c1-3-4-9-38-23-11-16(10-19(28)25(23)27(35)36)21-13-24(33-15-32-21)31-7-8-34-17(14-30)12-18-22(37-2)6-5-20(29)26(18)34/h5-6,10-13,15H,3-4,7-9H2,1-2H3,(H,35,36)(H,31,32,33). The first-order valence-corrected chi connectivity index (χ1v) is 12.3. The number of hydrogen-bond acceptors (Lipinski definition) is 7. The predicted molar refractivity (Wildman–Crippen MR) is 141 cm³/mol. The molecule has 0 atom stereocenters. The molecule has 0 bridgehead atoms. The number of anilines is 1. The molecule has 0 aliphatic carbocycles. The van der Waals surface area contributed by atoms with Gasteiger partial charge in [0.2, 0.25) is 0 Å². The van der Waals surface area contributed by atoms with Crippen molar-refractivity contribution in [2.75, 3.05) is 25.6 Å². The third-order valence-corrected chi connectivity index (χ3v) is 6.23. The van der Waals surface area contributed by atoms with E-state index in [1.54, 1.807) is 22.8 Å². The molecule has 0 aliphatic heterocycles. The van der Waals surface area contributed by atoms with E-state index in [4.69, 9.17) is 21.1 Å². The zero-order chi connectivity index (χ0) is 27.2. The molecule has 9 nitrogen and oxygen atoms in total. The van der Waals surface area contributed by atoms with E-state index in [1.807, 2.05) is 6.92 Å². The molecule has 0 amide bonds. The van der Waals surface area contributed by atoms with Crippen LogP contribution in [-0.4, -0.2) is 45.9 Å². The van der Waals surface area contributed by atoms with Crippen LogP contribution in [0.15, 0.2) is 42.7 Å². The van der Waals surface area contributed by atoms with Crippen LogP contribution in [0.1, 0.15) is 35.8 Å². The molecule has 0 aliphatic rings. The zero-order valence-corrected chi connectivity index (χ0v) is 21.5. The molecule has 0 saturated carbocycles. The summed E-state index contributed by atoms with van der Waals surface area (Å²) in [7, 11) is 1.49. The van der Waals surface area contributed by atoms with Crippen LogP contribution >= 0.6 is 11.6 Å². The van der Waals surface area contributed by atoms with E-state index >= 15 is 0 Å². The molecule has 0 spiro atoms. The number of nitriles is 1. The number of aromatic carboxylic acids is 1. The molecular formula is C27H25ClFN5O4. The van der Waals surface area contributed by atoms with Crippen LogP contribution < -0.4 is 14.8 Å². The van der Waals surface area contributed by atoms with Gasteiger partial charge in [-0.2, -0.15) is 5.26 Å². The fourth-order valence-electron chi connectivity index (χ4n) is 4.10. The van der Waals surface area contributed by atoms with Gasteiger partial charge in [-0.3, -0.25) is 0 Å². The zero-order valence-electron chi connectivity index (χ0n) is 20.8. The Morgan fingerprint density at radius 1 is 1.24 bits per heavy atom. The highest BCUT2D eigenvalue weighted by Crippen LogP contribution is 2.34. The molecule has 38 heavy (non-hydrogen) atoms. The maximum Gasteiger partial charge on any atom is 0.341 e. The number of benzene rings is 2. The average molecular weight is 538 g/mol. The number of fused-ring (bicyclic) bond motifs is 1. The summed E-state index contributed by atoms with van der Waals surface area (Å²) in [4.78, 5) is 20.3. The summed E-state index contributed by atoms with van der Waals surface area (Å²) in [6.45, 7) is 2.98. The van der Waals surface area contributed by atoms with Gasteiger partial charge in [-0.1, -0.05) is 24.9 Å². The fraction of sp³-hybridized carbons (Fsp3) is 0.259. The summed E-state index contributed by atoms with van der Waals surface area (Å²) < 4.78 is 27.3. The minimum Gasteiger partial charge on any atom is -0.496 e. The lowest BCUT2D eigenvalue weighted by Gasteiger charge is -2.13. The molecule has 0 saturated heterocycles. The topological polar surface area (TPSA) is 122 Å². The minimum atomic E-state index is -1.18. The molecule has 4 rings (SSSR count). The molecule has 196 valence electrons. The summed E-state index contributed by atoms with van der Waals surface area (Å²) in [6.07, 6.45) is 3.03. The number of rotatable bonds is 11. The van der Waals surface area contributed by atoms with Gasteiger partial charge in [0.1, 0.15) is 46.8 Å². The summed E-state index contributed by atoms with van der Waals surface area (Å²) in [5.74, 6) is -0.500. The number of unbranched alkanes of at least 4 members (excludes halogenated alkanes) is 1. The molecular weight excluding hydrogens is 513 g/mol. The summed E-state index contributed by atoms with van der Waals surface area (Å²) in [5, 5.41) is 22.9. The highest BCUT2D eigenvalue weighted by atomic mass is 35.5. The lowest BCUT2D eigenvalue weighted by atomic mass is 10.1. The van der Waals surface area contributed by atoms with Gasteiger partial charge in [0, 0.05) is 30.1 Å². The largest absolute Gasteiger partial charge is 0.496 e. The van der Waals surface area contributed by atoms with Crippen molar-refractivity contribution in [1.82, 2.24) is 14.5 Å². The van der Waals surface area contributed by atoms with Gasteiger partial charge in [-0.25, -0.2) is 19.2 Å². The number of ether oxygens (including phenoxy) is 2. The first-order chi connectivity index (χ1) is 18.4. The van der Waals surface area contributed by atoms with Gasteiger partial charge in [0.25, 0.3) is 0 Å². The van der Waals surface area contributed by atoms with Crippen LogP contribution in [0.25, 0.3) is 22.2 Å². The Labute approximate surface area is 223 Å². The Hall–Kier alpha value is -4.36. The first-order valence-electron chi connectivity index (χ1n) is 11.9. The maximum absolute atomic E-state index is 14.7. The number of carboxylic acid groups (broad SMARTS) is 1. The number of nitrogens with zero attached hydrogens (tertiary/aromatic N) is 4. The minimum absolute atomic E-state index is 0.0376. The lowest BCUT2D eigenvalue weighted by Crippen LogP contribution is -2.13. The van der Waals surface area contributed by atoms with E-state index in [0.717, 1.165) is 12.8 Å². The SMILES string of the molecule is CCCCOc1cc(-c2cc(NCCn3c(C#N)cc4c(OC)ccc(F)c43)ncn2)cc(Cl)c1C(=O)O. The summed E-state index contributed by atoms with van der Waals surface area (Å²) >= 11 is 6.29. The van der Waals surface area contributed by atoms with E-state index in [-0.39, 0.29) is 28.4 Å². The Morgan fingerprint density at radius 3 is 2.76 bits per heavy atom. The van der Waals surface area contributed by atoms with E-state index in [9.17, 15) is 19.6 Å². The van der Waals surface area contributed by atoms with E-state index in [1.165, 1.54) is 31.6 Å². The van der Waals surface area contributed by atoms with Gasteiger partial charge >= 0.3 is 5.97 Å². The molecule has 11 heteroatoms. The second-order valence-corrected chi connectivity index (χ2v) is 8.77. The summed E-state index contributed by atoms with van der Waals surface area (Å²) in [6, 6.07) is 11.3. The third-order valence-electron chi connectivity index (χ3n) is 5.93. The lowest BCUT2D eigenvalue weighted by molar-refractivity contribution is 0.0692. The number of carbonyl (C=O) groups is 1. The van der Waals surface area contributed by atoms with E-state index < -0.39 is 11.8 Å². The van der Waals surface area contributed by atoms with Crippen molar-refractivity contribution < 1.29 is 23.8 Å². The van der Waals surface area contributed by atoms with Gasteiger partial charge in [-0.15, -0.1) is 0 Å². The molecule has 2 heterocycles. The number of carboxylic acids is 1. The molecule has 0 fully saturated rings. The van der Waals surface area contributed by atoms with Crippen LogP contribution in [0.4, 0.5) is 10.2 Å². The molecule has 2 N–H and O–H groups in total. The van der Waals surface area contributed by atoms with Gasteiger partial charge in [0.05, 0.1) is 29.9 Å². The van der Waals surface area contributed by atoms with Gasteiger partial charge < -0.3 is 24.5 Å². The monoisotopic (exact) mass is 537 g/mol. The number of halogens is 2. The van der Waals surface area contributed by atoms with Crippen LogP contribution in [-0.2, 0) is 6.54 Å². The van der Waals surface area contributed by atoms with Crippen molar-refractivity contribution in [3.05, 3.63) is 64.8 Å². The average Bonchev–Trinajstić information content (AvgIpc) is 3.28. The first kappa shape index (κ1) is 26.7. The van der Waals surface area contributed by atoms with Crippen molar-refractivity contribution in [2.45, 2.75) is 26.3 Å². The van der Waals surface area contributed by atoms with Crippen LogP contribution in [0.2, 0.25) is 5.02 Å². The van der Waals surface area contributed by atoms with Crippen molar-refractivity contribution in [1.29, 1.82) is 5.26 Å². The van der Waals surface area contributed by atoms with Crippen LogP contribution in [0.5, 0.6) is 11.5 Å². The Kier molecular flexibility index (Phi) is 8.28. The van der Waals surface area contributed by atoms with E-state index in [2.05, 4.69) is 21.4 Å². The normalized spacial score (nSPS) is 10.8. The molecule has 0 radical (unpaired) electrons. The quantitative estimate of drug-likeness (QED) is 0.231. The number of nitrogens with one attached hydrogen (secondary N) is 1. The third kappa shape index (κ3) is 5.48. The van der Waals surface area contributed by atoms with Crippen LogP contribution in [0, 0.1) is 17.1 Å². The maximum atomic E-state index is 14.7. The number of hydrogen-bond donors (Lipinski definition) is 2. The predicted octanol–water partition coefficient (Wildman–Crippen LogP) is 5.76. The van der Waals surface area contributed by atoms with Gasteiger partial charge in [0.15, 0.2) is 0 Å². The van der Waals surface area contributed by atoms with Gasteiger partial charge in [-0.05, 0) is 36.8 Å². The Morgan fingerprint density at radius 2 is 2.05 bits per heavy atom. The van der Waals surface area contributed by atoms with Crippen molar-refractivity contribution >= 4 is 34.3 Å². The molecule has 4 aromatic rings. The fourth-order valence-corrected chi connectivity index (χ4v) is 4.39. The molecule has 0 unspecified atom stereocenters. The highest BCUT2D eigenvalue weighted by molar-refractivity contribution is 6.34. The van der Waals surface area contributed by atoms with Crippen LogP contribution in [0.3, 0.4) is 0 Å². The smallest absolute Gasteiger partial charge is 0.341 e. The second-order valence-electron chi connectivity index (χ2n) is 8.36. The van der Waals surface area contributed by atoms with Crippen molar-refractivity contribution in [3.63, 3.8) is 0 Å². The second kappa shape index (κ2) is 11.8. The summed E-state index contributed by atoms with van der Waals surface area (Å²) in [5.41, 5.74) is 1.55. The van der Waals surface area contributed by atoms with Crippen molar-refractivity contribution in [2.24, 2.45) is 0 Å². The van der Waals surface area contributed by atoms with E-state index in [0.29, 0.717) is 47.1 Å². The number of aromatic nitrogens is 3.